The largest absolute Gasteiger partial charge is 0.382 e. The summed E-state index contributed by atoms with van der Waals surface area (Å²) in [5.74, 6) is 1.17. The highest BCUT2D eigenvalue weighted by Crippen LogP contribution is 2.33. The van der Waals surface area contributed by atoms with Gasteiger partial charge < -0.3 is 16.4 Å². The number of nitrogen functional groups attached to an aromatic ring is 1. The van der Waals surface area contributed by atoms with E-state index in [0.29, 0.717) is 16.7 Å². The van der Waals surface area contributed by atoms with Gasteiger partial charge in [-0.05, 0) is 31.6 Å². The Morgan fingerprint density at radius 3 is 2.84 bits per heavy atom. The van der Waals surface area contributed by atoms with Crippen LogP contribution in [0.2, 0.25) is 0 Å². The average molecular weight is 280 g/mol. The number of thiazole rings is 1. The van der Waals surface area contributed by atoms with Crippen molar-refractivity contribution in [1.29, 1.82) is 0 Å². The van der Waals surface area contributed by atoms with Crippen molar-refractivity contribution >= 4 is 28.2 Å². The predicted molar refractivity (Wildman–Crippen MR) is 77.5 cm³/mol. The molecule has 1 aromatic rings. The highest BCUT2D eigenvalue weighted by Gasteiger charge is 2.24. The van der Waals surface area contributed by atoms with Gasteiger partial charge >= 0.3 is 0 Å². The molecule has 0 atom stereocenters. The number of rotatable bonds is 7. The molecule has 0 bridgehead atoms. The molecule has 104 valence electrons. The molecule has 2 aliphatic rings. The fourth-order valence-corrected chi connectivity index (χ4v) is 2.92. The summed E-state index contributed by atoms with van der Waals surface area (Å²) >= 11 is 1.35. The highest BCUT2D eigenvalue weighted by atomic mass is 32.1. The van der Waals surface area contributed by atoms with Crippen LogP contribution in [0.15, 0.2) is 0 Å². The lowest BCUT2D eigenvalue weighted by atomic mass is 10.2. The second-order valence-corrected chi connectivity index (χ2v) is 6.49. The Morgan fingerprint density at radius 1 is 1.37 bits per heavy atom. The van der Waals surface area contributed by atoms with Gasteiger partial charge in [0.2, 0.25) is 0 Å². The van der Waals surface area contributed by atoms with Gasteiger partial charge in [0.05, 0.1) is 0 Å². The molecule has 1 amide bonds. The molecule has 5 nitrogen and oxygen atoms in total. The Morgan fingerprint density at radius 2 is 2.16 bits per heavy atom. The van der Waals surface area contributed by atoms with Crippen LogP contribution in [0, 0.1) is 5.92 Å². The second kappa shape index (κ2) is 5.36. The molecule has 0 spiro atoms. The van der Waals surface area contributed by atoms with Crippen LogP contribution >= 0.6 is 11.3 Å². The van der Waals surface area contributed by atoms with E-state index in [1.54, 1.807) is 0 Å². The molecule has 1 aromatic heterocycles. The summed E-state index contributed by atoms with van der Waals surface area (Å²) in [6, 6.07) is 0.528. The van der Waals surface area contributed by atoms with Gasteiger partial charge in [-0.25, -0.2) is 4.98 Å². The molecule has 3 rings (SSSR count). The van der Waals surface area contributed by atoms with Crippen LogP contribution in [-0.4, -0.2) is 23.5 Å². The third-order valence-electron chi connectivity index (χ3n) is 3.54. The van der Waals surface area contributed by atoms with Gasteiger partial charge in [0.15, 0.2) is 5.13 Å². The number of hydrogen-bond donors (Lipinski definition) is 3. The van der Waals surface area contributed by atoms with E-state index < -0.39 is 0 Å². The summed E-state index contributed by atoms with van der Waals surface area (Å²) in [4.78, 5) is 16.7. The normalized spacial score (nSPS) is 18.3. The van der Waals surface area contributed by atoms with Crippen LogP contribution in [0.5, 0.6) is 0 Å². The minimum atomic E-state index is -0.0883. The van der Waals surface area contributed by atoms with E-state index in [1.165, 1.54) is 43.4 Å². The number of nitrogens with zero attached hydrogens (tertiary/aromatic N) is 1. The van der Waals surface area contributed by atoms with Gasteiger partial charge in [-0.3, -0.25) is 4.79 Å². The standard InChI is InChI=1S/C13H20N4OS/c14-11-10(19-13(17-11)16-9-5-6-9)12(18)15-7-1-2-8-3-4-8/h8-9H,1-7,14H2,(H,15,18)(H,16,17). The van der Waals surface area contributed by atoms with Gasteiger partial charge in [0, 0.05) is 12.6 Å². The third-order valence-corrected chi connectivity index (χ3v) is 4.54. The highest BCUT2D eigenvalue weighted by molar-refractivity contribution is 7.18. The van der Waals surface area contributed by atoms with Crippen molar-refractivity contribution in [3.8, 4) is 0 Å². The molecule has 19 heavy (non-hydrogen) atoms. The maximum atomic E-state index is 12.0. The van der Waals surface area contributed by atoms with Crippen molar-refractivity contribution in [3.63, 3.8) is 0 Å². The summed E-state index contributed by atoms with van der Waals surface area (Å²) < 4.78 is 0. The number of anilines is 2. The van der Waals surface area contributed by atoms with Crippen LogP contribution in [0.1, 0.15) is 48.2 Å². The fourth-order valence-electron chi connectivity index (χ4n) is 2.04. The van der Waals surface area contributed by atoms with Crippen molar-refractivity contribution in [2.75, 3.05) is 17.6 Å². The molecule has 2 aliphatic carbocycles. The van der Waals surface area contributed by atoms with Crippen molar-refractivity contribution in [2.24, 2.45) is 5.92 Å². The van der Waals surface area contributed by atoms with Gasteiger partial charge in [-0.1, -0.05) is 24.2 Å². The smallest absolute Gasteiger partial charge is 0.265 e. The molecule has 1 heterocycles. The predicted octanol–water partition coefficient (Wildman–Crippen LogP) is 2.22. The molecular formula is C13H20N4OS. The van der Waals surface area contributed by atoms with Crippen LogP contribution < -0.4 is 16.4 Å². The molecule has 0 aromatic carbocycles. The first-order valence-electron chi connectivity index (χ1n) is 7.03. The first-order chi connectivity index (χ1) is 9.22. The van der Waals surface area contributed by atoms with E-state index in [-0.39, 0.29) is 5.91 Å². The van der Waals surface area contributed by atoms with Crippen LogP contribution in [0.3, 0.4) is 0 Å². The maximum Gasteiger partial charge on any atom is 0.265 e. The SMILES string of the molecule is Nc1nc(NC2CC2)sc1C(=O)NCCCC1CC1. The van der Waals surface area contributed by atoms with E-state index in [1.807, 2.05) is 0 Å². The molecule has 0 unspecified atom stereocenters. The molecular weight excluding hydrogens is 260 g/mol. The molecule has 6 heteroatoms. The first kappa shape index (κ1) is 12.7. The molecule has 4 N–H and O–H groups in total. The number of nitrogens with one attached hydrogen (secondary N) is 2. The average Bonchev–Trinajstić information content (AvgIpc) is 3.26. The number of hydrogen-bond acceptors (Lipinski definition) is 5. The topological polar surface area (TPSA) is 80.0 Å². The first-order valence-corrected chi connectivity index (χ1v) is 7.85. The number of amides is 1. The fraction of sp³-hybridized carbons (Fsp3) is 0.692. The monoisotopic (exact) mass is 280 g/mol. The quantitative estimate of drug-likeness (QED) is 0.669. The van der Waals surface area contributed by atoms with E-state index >= 15 is 0 Å². The Kier molecular flexibility index (Phi) is 3.59. The number of carbonyl (C=O) groups excluding carboxylic acids is 1. The number of aromatic nitrogens is 1. The second-order valence-electron chi connectivity index (χ2n) is 5.49. The van der Waals surface area contributed by atoms with Crippen LogP contribution in [0.25, 0.3) is 0 Å². The van der Waals surface area contributed by atoms with E-state index in [0.717, 1.165) is 24.0 Å². The minimum Gasteiger partial charge on any atom is -0.382 e. The Labute approximate surface area is 117 Å². The Bertz CT molecular complexity index is 465. The lowest BCUT2D eigenvalue weighted by molar-refractivity contribution is 0.0957. The molecule has 2 fully saturated rings. The Balaban J connectivity index is 1.48. The maximum absolute atomic E-state index is 12.0. The van der Waals surface area contributed by atoms with Gasteiger partial charge in [0.1, 0.15) is 10.7 Å². The zero-order valence-corrected chi connectivity index (χ0v) is 11.8. The van der Waals surface area contributed by atoms with E-state index in [9.17, 15) is 4.79 Å². The zero-order valence-electron chi connectivity index (χ0n) is 10.9. The lowest BCUT2D eigenvalue weighted by Crippen LogP contribution is -2.24. The summed E-state index contributed by atoms with van der Waals surface area (Å²) in [6.45, 7) is 0.734. The Hall–Kier alpha value is -1.30. The molecule has 0 radical (unpaired) electrons. The number of carbonyl (C=O) groups is 1. The minimum absolute atomic E-state index is 0.0883. The van der Waals surface area contributed by atoms with Crippen molar-refractivity contribution < 1.29 is 4.79 Å². The molecule has 0 saturated heterocycles. The van der Waals surface area contributed by atoms with Gasteiger partial charge in [-0.2, -0.15) is 0 Å². The molecule has 0 aliphatic heterocycles. The number of nitrogens with two attached hydrogens (primary N) is 1. The van der Waals surface area contributed by atoms with Gasteiger partial charge in [0.25, 0.3) is 5.91 Å². The van der Waals surface area contributed by atoms with Crippen LogP contribution in [-0.2, 0) is 0 Å². The van der Waals surface area contributed by atoms with E-state index in [4.69, 9.17) is 5.73 Å². The summed E-state index contributed by atoms with van der Waals surface area (Å²) in [7, 11) is 0. The summed E-state index contributed by atoms with van der Waals surface area (Å²) in [5, 5.41) is 6.97. The summed E-state index contributed by atoms with van der Waals surface area (Å²) in [5.41, 5.74) is 5.80. The van der Waals surface area contributed by atoms with Crippen LogP contribution in [0.4, 0.5) is 10.9 Å². The van der Waals surface area contributed by atoms with Crippen molar-refractivity contribution in [2.45, 2.75) is 44.6 Å². The van der Waals surface area contributed by atoms with Crippen molar-refractivity contribution in [3.05, 3.63) is 4.88 Å². The lowest BCUT2D eigenvalue weighted by Gasteiger charge is -2.03. The summed E-state index contributed by atoms with van der Waals surface area (Å²) in [6.07, 6.45) is 7.39. The molecule has 2 saturated carbocycles. The van der Waals surface area contributed by atoms with E-state index in [2.05, 4.69) is 15.6 Å². The zero-order chi connectivity index (χ0) is 13.2. The van der Waals surface area contributed by atoms with Crippen molar-refractivity contribution in [1.82, 2.24) is 10.3 Å². The third kappa shape index (κ3) is 3.59. The van der Waals surface area contributed by atoms with Gasteiger partial charge in [-0.15, -0.1) is 0 Å².